The average Bonchev–Trinajstić information content (AvgIpc) is 2.34. The third-order valence-corrected chi connectivity index (χ3v) is 2.82. The number of nitrogens with one attached hydrogen (secondary N) is 1. The fourth-order valence-electron chi connectivity index (χ4n) is 1.95. The molecule has 0 atom stereocenters. The Morgan fingerprint density at radius 3 is 2.37 bits per heavy atom. The molecule has 0 spiro atoms. The standard InChI is InChI=1S/C16H20N2O/c1-16(2,3)10-19-13-9-5-7-11-6-4-8-12(14(11)13)15(17)18/h4-9H,10H2,1-3H3,(H3,17,18). The molecular formula is C16H20N2O. The molecule has 0 aromatic heterocycles. The molecule has 0 aliphatic carbocycles. The molecule has 0 heterocycles. The van der Waals surface area contributed by atoms with E-state index in [2.05, 4.69) is 20.8 Å². The Balaban J connectivity index is 2.51. The maximum absolute atomic E-state index is 7.69. The quantitative estimate of drug-likeness (QED) is 0.651. The van der Waals surface area contributed by atoms with Crippen LogP contribution in [0.1, 0.15) is 26.3 Å². The van der Waals surface area contributed by atoms with Crippen LogP contribution in [0.25, 0.3) is 10.8 Å². The second kappa shape index (κ2) is 4.92. The molecule has 0 amide bonds. The first-order valence-electron chi connectivity index (χ1n) is 6.37. The van der Waals surface area contributed by atoms with Crippen LogP contribution in [0.3, 0.4) is 0 Å². The second-order valence-electron chi connectivity index (χ2n) is 5.92. The van der Waals surface area contributed by atoms with Crippen LogP contribution in [0, 0.1) is 10.8 Å². The topological polar surface area (TPSA) is 59.1 Å². The van der Waals surface area contributed by atoms with Crippen LogP contribution >= 0.6 is 0 Å². The summed E-state index contributed by atoms with van der Waals surface area (Å²) in [4.78, 5) is 0. The van der Waals surface area contributed by atoms with Crippen molar-refractivity contribution in [3.8, 4) is 5.75 Å². The Kier molecular flexibility index (Phi) is 3.47. The van der Waals surface area contributed by atoms with Gasteiger partial charge in [0, 0.05) is 10.9 Å². The van der Waals surface area contributed by atoms with Gasteiger partial charge in [-0.1, -0.05) is 51.1 Å². The number of rotatable bonds is 3. The number of ether oxygens (including phenoxy) is 1. The van der Waals surface area contributed by atoms with E-state index in [4.69, 9.17) is 15.9 Å². The highest BCUT2D eigenvalue weighted by molar-refractivity contribution is 6.09. The third-order valence-electron chi connectivity index (χ3n) is 2.82. The summed E-state index contributed by atoms with van der Waals surface area (Å²) in [5.74, 6) is 0.857. The van der Waals surface area contributed by atoms with Gasteiger partial charge in [0.05, 0.1) is 6.61 Å². The van der Waals surface area contributed by atoms with E-state index in [1.165, 1.54) is 0 Å². The van der Waals surface area contributed by atoms with Crippen molar-refractivity contribution in [2.24, 2.45) is 11.1 Å². The summed E-state index contributed by atoms with van der Waals surface area (Å²) in [7, 11) is 0. The van der Waals surface area contributed by atoms with Gasteiger partial charge in [0.2, 0.25) is 0 Å². The molecule has 0 aliphatic rings. The summed E-state index contributed by atoms with van der Waals surface area (Å²) in [5, 5.41) is 9.65. The Labute approximate surface area is 113 Å². The molecule has 3 nitrogen and oxygen atoms in total. The Hall–Kier alpha value is -2.03. The van der Waals surface area contributed by atoms with Gasteiger partial charge >= 0.3 is 0 Å². The van der Waals surface area contributed by atoms with Crippen LogP contribution in [0.15, 0.2) is 36.4 Å². The summed E-state index contributed by atoms with van der Waals surface area (Å²) in [6.07, 6.45) is 0. The highest BCUT2D eigenvalue weighted by atomic mass is 16.5. The molecule has 0 saturated heterocycles. The van der Waals surface area contributed by atoms with E-state index < -0.39 is 0 Å². The second-order valence-corrected chi connectivity index (χ2v) is 5.92. The predicted octanol–water partition coefficient (Wildman–Crippen LogP) is 3.55. The van der Waals surface area contributed by atoms with Crippen LogP contribution in [-0.2, 0) is 0 Å². The van der Waals surface area contributed by atoms with E-state index in [1.54, 1.807) is 0 Å². The maximum atomic E-state index is 7.69. The fraction of sp³-hybridized carbons (Fsp3) is 0.312. The smallest absolute Gasteiger partial charge is 0.127 e. The van der Waals surface area contributed by atoms with Gasteiger partial charge in [-0.15, -0.1) is 0 Å². The number of nitrogens with two attached hydrogens (primary N) is 1. The maximum Gasteiger partial charge on any atom is 0.127 e. The predicted molar refractivity (Wildman–Crippen MR) is 79.9 cm³/mol. The van der Waals surface area contributed by atoms with Gasteiger partial charge in [-0.05, 0) is 16.9 Å². The van der Waals surface area contributed by atoms with Gasteiger partial charge in [0.1, 0.15) is 11.6 Å². The number of fused-ring (bicyclic) bond motifs is 1. The molecule has 2 aromatic rings. The third kappa shape index (κ3) is 3.05. The zero-order chi connectivity index (χ0) is 14.0. The highest BCUT2D eigenvalue weighted by Crippen LogP contribution is 2.30. The van der Waals surface area contributed by atoms with Crippen LogP contribution in [0.5, 0.6) is 5.75 Å². The van der Waals surface area contributed by atoms with Crippen molar-refractivity contribution in [3.05, 3.63) is 42.0 Å². The molecule has 0 saturated carbocycles. The van der Waals surface area contributed by atoms with Crippen LogP contribution in [0.4, 0.5) is 0 Å². The van der Waals surface area contributed by atoms with Crippen molar-refractivity contribution in [2.45, 2.75) is 20.8 Å². The molecule has 0 aliphatic heterocycles. The molecule has 2 rings (SSSR count). The fourth-order valence-corrected chi connectivity index (χ4v) is 1.95. The van der Waals surface area contributed by atoms with Crippen LogP contribution in [-0.4, -0.2) is 12.4 Å². The lowest BCUT2D eigenvalue weighted by Crippen LogP contribution is -2.17. The molecule has 19 heavy (non-hydrogen) atoms. The lowest BCUT2D eigenvalue weighted by atomic mass is 9.98. The SMILES string of the molecule is CC(C)(C)COc1cccc2cccc(C(=N)N)c12. The van der Waals surface area contributed by atoms with E-state index in [0.29, 0.717) is 6.61 Å². The van der Waals surface area contributed by atoms with Crippen molar-refractivity contribution < 1.29 is 4.74 Å². The van der Waals surface area contributed by atoms with Gasteiger partial charge in [-0.25, -0.2) is 0 Å². The van der Waals surface area contributed by atoms with Crippen molar-refractivity contribution >= 4 is 16.6 Å². The summed E-state index contributed by atoms with van der Waals surface area (Å²) in [6, 6.07) is 11.7. The van der Waals surface area contributed by atoms with Crippen LogP contribution in [0.2, 0.25) is 0 Å². The number of hydrogen-bond donors (Lipinski definition) is 2. The average molecular weight is 256 g/mol. The molecule has 3 N–H and O–H groups in total. The molecule has 0 fully saturated rings. The monoisotopic (exact) mass is 256 g/mol. The number of benzene rings is 2. The lowest BCUT2D eigenvalue weighted by Gasteiger charge is -2.20. The van der Waals surface area contributed by atoms with Gasteiger partial charge < -0.3 is 10.5 Å². The minimum atomic E-state index is 0.0670. The van der Waals surface area contributed by atoms with Gasteiger partial charge in [0.25, 0.3) is 0 Å². The van der Waals surface area contributed by atoms with Crippen molar-refractivity contribution in [1.82, 2.24) is 0 Å². The van der Waals surface area contributed by atoms with E-state index in [0.717, 1.165) is 22.1 Å². The van der Waals surface area contributed by atoms with E-state index >= 15 is 0 Å². The Morgan fingerprint density at radius 1 is 1.16 bits per heavy atom. The molecular weight excluding hydrogens is 236 g/mol. The molecule has 0 radical (unpaired) electrons. The highest BCUT2D eigenvalue weighted by Gasteiger charge is 2.14. The normalized spacial score (nSPS) is 11.5. The van der Waals surface area contributed by atoms with Crippen molar-refractivity contribution in [2.75, 3.05) is 6.61 Å². The molecule has 0 bridgehead atoms. The van der Waals surface area contributed by atoms with Crippen molar-refractivity contribution in [3.63, 3.8) is 0 Å². The van der Waals surface area contributed by atoms with Crippen LogP contribution < -0.4 is 10.5 Å². The zero-order valence-corrected chi connectivity index (χ0v) is 11.7. The van der Waals surface area contributed by atoms with E-state index in [9.17, 15) is 0 Å². The first-order valence-corrected chi connectivity index (χ1v) is 6.37. The lowest BCUT2D eigenvalue weighted by molar-refractivity contribution is 0.200. The number of amidine groups is 1. The number of hydrogen-bond acceptors (Lipinski definition) is 2. The van der Waals surface area contributed by atoms with Crippen molar-refractivity contribution in [1.29, 1.82) is 5.41 Å². The van der Waals surface area contributed by atoms with E-state index in [1.807, 2.05) is 36.4 Å². The first kappa shape index (κ1) is 13.4. The van der Waals surface area contributed by atoms with Gasteiger partial charge in [-0.3, -0.25) is 5.41 Å². The minimum absolute atomic E-state index is 0.0670. The largest absolute Gasteiger partial charge is 0.492 e. The van der Waals surface area contributed by atoms with Gasteiger partial charge in [-0.2, -0.15) is 0 Å². The van der Waals surface area contributed by atoms with Gasteiger partial charge in [0.15, 0.2) is 0 Å². The molecule has 3 heteroatoms. The zero-order valence-electron chi connectivity index (χ0n) is 11.7. The van der Waals surface area contributed by atoms with E-state index in [-0.39, 0.29) is 11.3 Å². The number of nitrogen functional groups attached to an aromatic ring is 1. The summed E-state index contributed by atoms with van der Waals surface area (Å²) >= 11 is 0. The summed E-state index contributed by atoms with van der Waals surface area (Å²) in [5.41, 5.74) is 6.47. The minimum Gasteiger partial charge on any atom is -0.492 e. The Morgan fingerprint density at radius 2 is 1.79 bits per heavy atom. The first-order chi connectivity index (χ1) is 8.88. The molecule has 2 aromatic carbocycles. The summed E-state index contributed by atoms with van der Waals surface area (Å²) in [6.45, 7) is 7.01. The Bertz CT molecular complexity index is 606. The summed E-state index contributed by atoms with van der Waals surface area (Å²) < 4.78 is 5.92. The molecule has 0 unspecified atom stereocenters. The molecule has 100 valence electrons.